The quantitative estimate of drug-likeness (QED) is 0.729. The molecule has 5 nitrogen and oxygen atoms in total. The van der Waals surface area contributed by atoms with Crippen molar-refractivity contribution in [2.45, 2.75) is 39.8 Å². The van der Waals surface area contributed by atoms with Crippen LogP contribution in [0.25, 0.3) is 0 Å². The van der Waals surface area contributed by atoms with Crippen LogP contribution in [-0.4, -0.2) is 36.8 Å². The van der Waals surface area contributed by atoms with Crippen molar-refractivity contribution in [1.82, 2.24) is 4.90 Å². The molecule has 0 radical (unpaired) electrons. The molecule has 3 rings (SSSR count). The molecule has 1 aliphatic carbocycles. The number of nitrogens with zero attached hydrogens (tertiary/aromatic N) is 1. The van der Waals surface area contributed by atoms with E-state index in [9.17, 15) is 13.2 Å². The Labute approximate surface area is 164 Å². The third-order valence-electron chi connectivity index (χ3n) is 5.54. The molecule has 1 saturated heterocycles. The van der Waals surface area contributed by atoms with Crippen LogP contribution >= 0.6 is 23.2 Å². The van der Waals surface area contributed by atoms with Gasteiger partial charge in [-0.15, -0.1) is 0 Å². The maximum atomic E-state index is 13.3. The molecule has 3 atom stereocenters. The SMILES string of the molecule is Cc1ccc(CN(C(=O)[C@@H]2[C@@H](C=C(Cl)Cl)C2(C)C)[C@@H]2CCS(=O)(=O)C2)o1. The number of furan rings is 1. The summed E-state index contributed by atoms with van der Waals surface area (Å²) in [5.74, 6) is 1.13. The van der Waals surface area contributed by atoms with Gasteiger partial charge in [-0.25, -0.2) is 8.42 Å². The summed E-state index contributed by atoms with van der Waals surface area (Å²) in [6.07, 6.45) is 2.16. The van der Waals surface area contributed by atoms with E-state index in [1.165, 1.54) is 0 Å². The Morgan fingerprint density at radius 1 is 1.38 bits per heavy atom. The summed E-state index contributed by atoms with van der Waals surface area (Å²) in [5.41, 5.74) is -0.263. The fourth-order valence-electron chi connectivity index (χ4n) is 3.92. The molecule has 1 aromatic rings. The first-order chi connectivity index (χ1) is 12.0. The number of sulfone groups is 1. The molecule has 2 heterocycles. The summed E-state index contributed by atoms with van der Waals surface area (Å²) in [4.78, 5) is 15.0. The number of hydrogen-bond acceptors (Lipinski definition) is 4. The van der Waals surface area contributed by atoms with E-state index in [0.717, 1.165) is 5.76 Å². The summed E-state index contributed by atoms with van der Waals surface area (Å²) >= 11 is 11.6. The van der Waals surface area contributed by atoms with Crippen LogP contribution < -0.4 is 0 Å². The first-order valence-corrected chi connectivity index (χ1v) is 11.2. The van der Waals surface area contributed by atoms with E-state index in [1.807, 2.05) is 32.9 Å². The zero-order chi connectivity index (χ0) is 19.3. The van der Waals surface area contributed by atoms with Gasteiger partial charge in [0.15, 0.2) is 9.84 Å². The van der Waals surface area contributed by atoms with Gasteiger partial charge < -0.3 is 9.32 Å². The Hall–Kier alpha value is -0.980. The minimum Gasteiger partial charge on any atom is -0.464 e. The average Bonchev–Trinajstić information content (AvgIpc) is 2.83. The highest BCUT2D eigenvalue weighted by Crippen LogP contribution is 2.60. The number of rotatable bonds is 5. The van der Waals surface area contributed by atoms with Gasteiger partial charge in [0.05, 0.1) is 24.0 Å². The summed E-state index contributed by atoms with van der Waals surface area (Å²) in [5, 5.41) is 0. The third kappa shape index (κ3) is 3.97. The van der Waals surface area contributed by atoms with Crippen LogP contribution in [0.4, 0.5) is 0 Å². The highest BCUT2D eigenvalue weighted by Gasteiger charge is 2.62. The molecule has 0 unspecified atom stereocenters. The van der Waals surface area contributed by atoms with Crippen LogP contribution in [0.5, 0.6) is 0 Å². The lowest BCUT2D eigenvalue weighted by atomic mass is 10.1. The van der Waals surface area contributed by atoms with Crippen LogP contribution in [-0.2, 0) is 21.2 Å². The number of carbonyl (C=O) groups excluding carboxylic acids is 1. The molecule has 144 valence electrons. The van der Waals surface area contributed by atoms with E-state index in [0.29, 0.717) is 12.2 Å². The van der Waals surface area contributed by atoms with Crippen molar-refractivity contribution in [3.63, 3.8) is 0 Å². The Morgan fingerprint density at radius 3 is 2.58 bits per heavy atom. The lowest BCUT2D eigenvalue weighted by Gasteiger charge is -2.28. The first-order valence-electron chi connectivity index (χ1n) is 8.60. The topological polar surface area (TPSA) is 67.6 Å². The molecule has 26 heavy (non-hydrogen) atoms. The molecule has 1 saturated carbocycles. The smallest absolute Gasteiger partial charge is 0.227 e. The summed E-state index contributed by atoms with van der Waals surface area (Å²) in [6, 6.07) is 3.33. The molecule has 8 heteroatoms. The molecule has 2 fully saturated rings. The maximum absolute atomic E-state index is 13.3. The molecule has 2 aliphatic rings. The van der Waals surface area contributed by atoms with Gasteiger partial charge in [0.1, 0.15) is 16.0 Å². The lowest BCUT2D eigenvalue weighted by molar-refractivity contribution is -0.136. The van der Waals surface area contributed by atoms with Gasteiger partial charge in [-0.1, -0.05) is 37.0 Å². The van der Waals surface area contributed by atoms with E-state index < -0.39 is 9.84 Å². The molecule has 0 aromatic carbocycles. The van der Waals surface area contributed by atoms with Crippen molar-refractivity contribution in [3.05, 3.63) is 34.2 Å². The number of hydrogen-bond donors (Lipinski definition) is 0. The number of halogens is 2. The molecule has 1 amide bonds. The van der Waals surface area contributed by atoms with Crippen molar-refractivity contribution >= 4 is 38.9 Å². The monoisotopic (exact) mass is 419 g/mol. The van der Waals surface area contributed by atoms with E-state index in [2.05, 4.69) is 0 Å². The van der Waals surface area contributed by atoms with Crippen LogP contribution in [0.1, 0.15) is 31.8 Å². The molecule has 1 aromatic heterocycles. The summed E-state index contributed by atoms with van der Waals surface area (Å²) < 4.78 is 29.7. The highest BCUT2D eigenvalue weighted by atomic mass is 35.5. The Balaban J connectivity index is 1.85. The van der Waals surface area contributed by atoms with Crippen molar-refractivity contribution < 1.29 is 17.6 Å². The minimum absolute atomic E-state index is 0.00233. The van der Waals surface area contributed by atoms with E-state index >= 15 is 0 Å². The molecule has 0 bridgehead atoms. The number of allylic oxidation sites excluding steroid dienone is 1. The molecule has 0 N–H and O–H groups in total. The highest BCUT2D eigenvalue weighted by molar-refractivity contribution is 7.91. The van der Waals surface area contributed by atoms with Gasteiger partial charge >= 0.3 is 0 Å². The Morgan fingerprint density at radius 2 is 2.08 bits per heavy atom. The molecular formula is C18H23Cl2NO4S. The second kappa shape index (κ2) is 6.88. The minimum atomic E-state index is -3.11. The van der Waals surface area contributed by atoms with Gasteiger partial charge in [-0.3, -0.25) is 4.79 Å². The predicted molar refractivity (Wildman–Crippen MR) is 102 cm³/mol. The molecule has 1 aliphatic heterocycles. The lowest BCUT2D eigenvalue weighted by Crippen LogP contribution is -2.42. The standard InChI is InChI=1S/C18H23Cl2NO4S/c1-11-4-5-13(25-11)9-21(12-6-7-26(23,24)10-12)17(22)16-14(8-15(19)20)18(16,2)3/h4-5,8,12,14,16H,6-7,9-10H2,1-3H3/t12-,14-,16+/m1/s1. The largest absolute Gasteiger partial charge is 0.464 e. The van der Waals surface area contributed by atoms with Crippen LogP contribution in [0.15, 0.2) is 27.1 Å². The van der Waals surface area contributed by atoms with Crippen LogP contribution in [0, 0.1) is 24.2 Å². The van der Waals surface area contributed by atoms with Gasteiger partial charge in [-0.05, 0) is 42.9 Å². The van der Waals surface area contributed by atoms with Crippen molar-refractivity contribution in [2.75, 3.05) is 11.5 Å². The number of carbonyl (C=O) groups is 1. The predicted octanol–water partition coefficient (Wildman–Crippen LogP) is 3.69. The van der Waals surface area contributed by atoms with E-state index in [4.69, 9.17) is 27.6 Å². The maximum Gasteiger partial charge on any atom is 0.227 e. The third-order valence-corrected chi connectivity index (χ3v) is 7.54. The summed E-state index contributed by atoms with van der Waals surface area (Å²) in [7, 11) is -3.11. The van der Waals surface area contributed by atoms with Gasteiger partial charge in [-0.2, -0.15) is 0 Å². The van der Waals surface area contributed by atoms with Crippen molar-refractivity contribution in [3.8, 4) is 0 Å². The normalized spacial score (nSPS) is 28.6. The van der Waals surface area contributed by atoms with Crippen LogP contribution in [0.3, 0.4) is 0 Å². The second-order valence-electron chi connectivity index (χ2n) is 7.82. The zero-order valence-electron chi connectivity index (χ0n) is 15.0. The summed E-state index contributed by atoms with van der Waals surface area (Å²) in [6.45, 7) is 6.09. The fraction of sp³-hybridized carbons (Fsp3) is 0.611. The van der Waals surface area contributed by atoms with Crippen LogP contribution in [0.2, 0.25) is 0 Å². The zero-order valence-corrected chi connectivity index (χ0v) is 17.4. The Kier molecular flexibility index (Phi) is 5.23. The fourth-order valence-corrected chi connectivity index (χ4v) is 5.92. The Bertz CT molecular complexity index is 839. The van der Waals surface area contributed by atoms with Crippen molar-refractivity contribution in [1.29, 1.82) is 0 Å². The van der Waals surface area contributed by atoms with Gasteiger partial charge in [0.25, 0.3) is 0 Å². The second-order valence-corrected chi connectivity index (χ2v) is 11.1. The van der Waals surface area contributed by atoms with Gasteiger partial charge in [0, 0.05) is 6.04 Å². The number of amides is 1. The van der Waals surface area contributed by atoms with E-state index in [-0.39, 0.29) is 51.7 Å². The molecule has 0 spiro atoms. The van der Waals surface area contributed by atoms with E-state index in [1.54, 1.807) is 11.0 Å². The average molecular weight is 420 g/mol. The van der Waals surface area contributed by atoms with Crippen molar-refractivity contribution in [2.24, 2.45) is 17.3 Å². The molecular weight excluding hydrogens is 397 g/mol. The first kappa shape index (κ1) is 19.8. The number of aryl methyl sites for hydroxylation is 1. The van der Waals surface area contributed by atoms with Gasteiger partial charge in [0.2, 0.25) is 5.91 Å².